The third kappa shape index (κ3) is 6.10. The van der Waals surface area contributed by atoms with E-state index in [1.807, 2.05) is 17.0 Å². The number of methoxy groups -OCH3 is 1. The van der Waals surface area contributed by atoms with Crippen LogP contribution in [0.3, 0.4) is 0 Å². The van der Waals surface area contributed by atoms with Gasteiger partial charge >= 0.3 is 12.0 Å². The number of amides is 2. The molecule has 2 heterocycles. The van der Waals surface area contributed by atoms with Crippen LogP contribution in [0.25, 0.3) is 0 Å². The molecule has 0 aliphatic carbocycles. The van der Waals surface area contributed by atoms with Gasteiger partial charge in [0.05, 0.1) is 37.6 Å². The van der Waals surface area contributed by atoms with Crippen molar-refractivity contribution in [1.29, 1.82) is 0 Å². The molecule has 9 heteroatoms. The molecule has 1 unspecified atom stereocenters. The number of ether oxygens (including phenoxy) is 2. The minimum absolute atomic E-state index is 0.219. The van der Waals surface area contributed by atoms with E-state index in [0.717, 1.165) is 11.3 Å². The molecule has 1 aliphatic rings. The first kappa shape index (κ1) is 22.9. The van der Waals surface area contributed by atoms with Crippen molar-refractivity contribution in [2.24, 2.45) is 0 Å². The first-order valence-corrected chi connectivity index (χ1v) is 10.4. The monoisotopic (exact) mass is 447 g/mol. The average Bonchev–Trinajstić information content (AvgIpc) is 3.25. The van der Waals surface area contributed by atoms with Crippen LogP contribution in [0.1, 0.15) is 24.3 Å². The van der Waals surface area contributed by atoms with Crippen LogP contribution in [0.2, 0.25) is 5.02 Å². The highest BCUT2D eigenvalue weighted by molar-refractivity contribution is 6.30. The van der Waals surface area contributed by atoms with Crippen LogP contribution in [-0.4, -0.2) is 50.3 Å². The Morgan fingerprint density at radius 1 is 1.23 bits per heavy atom. The average molecular weight is 448 g/mol. The largest absolute Gasteiger partial charge is 0.468 e. The van der Waals surface area contributed by atoms with E-state index in [1.54, 1.807) is 44.6 Å². The molecule has 0 saturated carbocycles. The summed E-state index contributed by atoms with van der Waals surface area (Å²) >= 11 is 6.01. The standard InChI is InChI=1S/C22H26ClN3O5/c1-3-30-21(27)19-18(14-26(10-12-29-2)13-17-5-4-11-31-17)24-22(28)25-20(19)15-6-8-16(23)9-7-15/h4-9,11,20H,3,10,12-14H2,1-2H3,(H2,24,25,28). The van der Waals surface area contributed by atoms with Crippen molar-refractivity contribution in [2.75, 3.05) is 33.4 Å². The van der Waals surface area contributed by atoms with Gasteiger partial charge in [-0.05, 0) is 36.8 Å². The second kappa shape index (κ2) is 11.0. The van der Waals surface area contributed by atoms with E-state index in [4.69, 9.17) is 25.5 Å². The summed E-state index contributed by atoms with van der Waals surface area (Å²) in [6.45, 7) is 3.81. The molecule has 0 bridgehead atoms. The molecule has 1 aliphatic heterocycles. The molecule has 1 aromatic carbocycles. The van der Waals surface area contributed by atoms with Gasteiger partial charge in [-0.3, -0.25) is 4.90 Å². The minimum atomic E-state index is -0.659. The number of urea groups is 1. The van der Waals surface area contributed by atoms with Gasteiger partial charge in [0.2, 0.25) is 0 Å². The van der Waals surface area contributed by atoms with E-state index >= 15 is 0 Å². The lowest BCUT2D eigenvalue weighted by Gasteiger charge is -2.32. The molecule has 0 spiro atoms. The van der Waals surface area contributed by atoms with Crippen molar-refractivity contribution >= 4 is 23.6 Å². The predicted octanol–water partition coefficient (Wildman–Crippen LogP) is 3.25. The van der Waals surface area contributed by atoms with Gasteiger partial charge in [0, 0.05) is 30.9 Å². The van der Waals surface area contributed by atoms with Crippen molar-refractivity contribution < 1.29 is 23.5 Å². The number of esters is 1. The Balaban J connectivity index is 1.97. The Morgan fingerprint density at radius 3 is 2.65 bits per heavy atom. The predicted molar refractivity (Wildman–Crippen MR) is 115 cm³/mol. The van der Waals surface area contributed by atoms with Crippen LogP contribution in [0.5, 0.6) is 0 Å². The van der Waals surface area contributed by atoms with Crippen LogP contribution in [0, 0.1) is 0 Å². The number of furan rings is 1. The summed E-state index contributed by atoms with van der Waals surface area (Å²) in [7, 11) is 1.62. The number of nitrogens with zero attached hydrogens (tertiary/aromatic N) is 1. The molecule has 0 saturated heterocycles. The van der Waals surface area contributed by atoms with Crippen molar-refractivity contribution in [2.45, 2.75) is 19.5 Å². The molecule has 31 heavy (non-hydrogen) atoms. The molecule has 3 rings (SSSR count). The van der Waals surface area contributed by atoms with E-state index in [2.05, 4.69) is 10.6 Å². The number of carbonyl (C=O) groups is 2. The van der Waals surface area contributed by atoms with Crippen LogP contribution >= 0.6 is 11.6 Å². The maximum Gasteiger partial charge on any atom is 0.338 e. The minimum Gasteiger partial charge on any atom is -0.468 e. The Bertz CT molecular complexity index is 912. The first-order chi connectivity index (χ1) is 15.0. The first-order valence-electron chi connectivity index (χ1n) is 9.98. The Morgan fingerprint density at radius 2 is 2.00 bits per heavy atom. The van der Waals surface area contributed by atoms with Crippen molar-refractivity contribution in [3.8, 4) is 0 Å². The van der Waals surface area contributed by atoms with Crippen LogP contribution in [-0.2, 0) is 20.8 Å². The fraction of sp³-hybridized carbons (Fsp3) is 0.364. The third-order valence-electron chi connectivity index (χ3n) is 4.81. The molecule has 2 aromatic rings. The number of nitrogens with one attached hydrogen (secondary N) is 2. The maximum atomic E-state index is 12.9. The zero-order chi connectivity index (χ0) is 22.2. The van der Waals surface area contributed by atoms with Crippen LogP contribution in [0.4, 0.5) is 4.79 Å². The molecule has 1 aromatic heterocycles. The van der Waals surface area contributed by atoms with Crippen LogP contribution in [0.15, 0.2) is 58.3 Å². The van der Waals surface area contributed by atoms with Gasteiger partial charge in [-0.1, -0.05) is 23.7 Å². The second-order valence-corrected chi connectivity index (χ2v) is 7.41. The van der Waals surface area contributed by atoms with Crippen molar-refractivity contribution in [3.63, 3.8) is 0 Å². The van der Waals surface area contributed by atoms with Gasteiger partial charge in [0.15, 0.2) is 0 Å². The van der Waals surface area contributed by atoms with Crippen LogP contribution < -0.4 is 10.6 Å². The number of rotatable bonds is 10. The molecular weight excluding hydrogens is 422 g/mol. The number of benzene rings is 1. The smallest absolute Gasteiger partial charge is 0.338 e. The molecule has 166 valence electrons. The van der Waals surface area contributed by atoms with Gasteiger partial charge < -0.3 is 24.5 Å². The number of hydrogen-bond donors (Lipinski definition) is 2. The number of carbonyl (C=O) groups excluding carboxylic acids is 2. The van der Waals surface area contributed by atoms with Gasteiger partial charge in [-0.2, -0.15) is 0 Å². The molecule has 2 N–H and O–H groups in total. The fourth-order valence-corrected chi connectivity index (χ4v) is 3.50. The highest BCUT2D eigenvalue weighted by atomic mass is 35.5. The molecule has 0 radical (unpaired) electrons. The third-order valence-corrected chi connectivity index (χ3v) is 5.06. The second-order valence-electron chi connectivity index (χ2n) is 6.98. The zero-order valence-electron chi connectivity index (χ0n) is 17.5. The molecular formula is C22H26ClN3O5. The van der Waals surface area contributed by atoms with Gasteiger partial charge in [-0.15, -0.1) is 0 Å². The molecule has 8 nitrogen and oxygen atoms in total. The van der Waals surface area contributed by atoms with Gasteiger partial charge in [-0.25, -0.2) is 9.59 Å². The summed E-state index contributed by atoms with van der Waals surface area (Å²) in [5, 5.41) is 6.18. The van der Waals surface area contributed by atoms with Crippen molar-refractivity contribution in [3.05, 3.63) is 70.3 Å². The molecule has 2 amide bonds. The fourth-order valence-electron chi connectivity index (χ4n) is 3.38. The van der Waals surface area contributed by atoms with E-state index in [9.17, 15) is 9.59 Å². The normalized spacial score (nSPS) is 16.3. The van der Waals surface area contributed by atoms with Gasteiger partial charge in [0.1, 0.15) is 5.76 Å². The Hall–Kier alpha value is -2.81. The summed E-state index contributed by atoms with van der Waals surface area (Å²) in [5.74, 6) is 0.276. The quantitative estimate of drug-likeness (QED) is 0.543. The number of hydrogen-bond acceptors (Lipinski definition) is 6. The Labute approximate surface area is 186 Å². The summed E-state index contributed by atoms with van der Waals surface area (Å²) in [5.41, 5.74) is 1.56. The summed E-state index contributed by atoms with van der Waals surface area (Å²) in [6.07, 6.45) is 1.61. The maximum absolute atomic E-state index is 12.9. The highest BCUT2D eigenvalue weighted by Gasteiger charge is 2.34. The lowest BCUT2D eigenvalue weighted by molar-refractivity contribution is -0.139. The van der Waals surface area contributed by atoms with Crippen molar-refractivity contribution in [1.82, 2.24) is 15.5 Å². The SMILES string of the molecule is CCOC(=O)C1=C(CN(CCOC)Cc2ccco2)NC(=O)NC1c1ccc(Cl)cc1. The lowest BCUT2D eigenvalue weighted by Crippen LogP contribution is -2.48. The lowest BCUT2D eigenvalue weighted by atomic mass is 9.95. The molecule has 1 atom stereocenters. The summed E-state index contributed by atoms with van der Waals surface area (Å²) in [6, 6.07) is 9.63. The van der Waals surface area contributed by atoms with E-state index in [0.29, 0.717) is 42.5 Å². The topological polar surface area (TPSA) is 93.0 Å². The van der Waals surface area contributed by atoms with E-state index < -0.39 is 18.0 Å². The number of halogens is 1. The Kier molecular flexibility index (Phi) is 8.11. The van der Waals surface area contributed by atoms with E-state index in [-0.39, 0.29) is 6.61 Å². The summed E-state index contributed by atoms with van der Waals surface area (Å²) in [4.78, 5) is 27.4. The van der Waals surface area contributed by atoms with Gasteiger partial charge in [0.25, 0.3) is 0 Å². The zero-order valence-corrected chi connectivity index (χ0v) is 18.3. The highest BCUT2D eigenvalue weighted by Crippen LogP contribution is 2.29. The molecule has 0 fully saturated rings. The van der Waals surface area contributed by atoms with E-state index in [1.165, 1.54) is 0 Å². The summed E-state index contributed by atoms with van der Waals surface area (Å²) < 4.78 is 16.0.